The SMILES string of the molecule is COc1ccccc1C1C(C#N)=C(N)Oc2n[nH]c(-c3cccc([N+](=O)[O-])c3)c21. The van der Waals surface area contributed by atoms with Crippen LogP contribution in [0.4, 0.5) is 5.69 Å². The molecule has 1 aromatic heterocycles. The van der Waals surface area contributed by atoms with E-state index in [1.807, 2.05) is 18.2 Å². The number of aromatic amines is 1. The van der Waals surface area contributed by atoms with Crippen molar-refractivity contribution in [2.24, 2.45) is 5.73 Å². The molecule has 2 heterocycles. The number of nitriles is 1. The largest absolute Gasteiger partial charge is 0.496 e. The molecule has 3 N–H and O–H groups in total. The summed E-state index contributed by atoms with van der Waals surface area (Å²) in [7, 11) is 1.54. The van der Waals surface area contributed by atoms with Gasteiger partial charge >= 0.3 is 0 Å². The fourth-order valence-corrected chi connectivity index (χ4v) is 3.46. The summed E-state index contributed by atoms with van der Waals surface area (Å²) in [5, 5.41) is 28.0. The van der Waals surface area contributed by atoms with Crippen LogP contribution in [-0.2, 0) is 0 Å². The smallest absolute Gasteiger partial charge is 0.270 e. The normalized spacial score (nSPS) is 15.2. The average molecular weight is 389 g/mol. The minimum Gasteiger partial charge on any atom is -0.496 e. The Morgan fingerprint density at radius 1 is 1.31 bits per heavy atom. The Balaban J connectivity index is 1.97. The highest BCUT2D eigenvalue weighted by Gasteiger charge is 2.37. The molecule has 4 rings (SSSR count). The molecule has 0 bridgehead atoms. The van der Waals surface area contributed by atoms with Gasteiger partial charge in [-0.05, 0) is 6.07 Å². The van der Waals surface area contributed by atoms with E-state index >= 15 is 0 Å². The summed E-state index contributed by atoms with van der Waals surface area (Å²) in [5.41, 5.74) is 8.42. The van der Waals surface area contributed by atoms with Gasteiger partial charge < -0.3 is 15.2 Å². The maximum absolute atomic E-state index is 11.2. The third-order valence-corrected chi connectivity index (χ3v) is 4.73. The number of allylic oxidation sites excluding steroid dienone is 1. The maximum Gasteiger partial charge on any atom is 0.270 e. The van der Waals surface area contributed by atoms with Crippen molar-refractivity contribution in [1.82, 2.24) is 10.2 Å². The summed E-state index contributed by atoms with van der Waals surface area (Å²) in [6.45, 7) is 0. The molecule has 29 heavy (non-hydrogen) atoms. The first-order valence-electron chi connectivity index (χ1n) is 8.58. The quantitative estimate of drug-likeness (QED) is 0.515. The highest BCUT2D eigenvalue weighted by molar-refractivity contribution is 5.72. The van der Waals surface area contributed by atoms with Crippen molar-refractivity contribution in [3.8, 4) is 29.0 Å². The number of nitro groups is 1. The topological polar surface area (TPSA) is 140 Å². The van der Waals surface area contributed by atoms with Crippen molar-refractivity contribution < 1.29 is 14.4 Å². The highest BCUT2D eigenvalue weighted by atomic mass is 16.6. The van der Waals surface area contributed by atoms with Crippen LogP contribution in [0.5, 0.6) is 11.6 Å². The Kier molecular flexibility index (Phi) is 4.37. The molecule has 0 saturated heterocycles. The van der Waals surface area contributed by atoms with E-state index in [0.29, 0.717) is 28.1 Å². The van der Waals surface area contributed by atoms with Crippen molar-refractivity contribution >= 4 is 5.69 Å². The lowest BCUT2D eigenvalue weighted by Crippen LogP contribution is -2.21. The number of hydrogen-bond donors (Lipinski definition) is 2. The van der Waals surface area contributed by atoms with E-state index in [0.717, 1.165) is 0 Å². The molecule has 0 saturated carbocycles. The zero-order valence-electron chi connectivity index (χ0n) is 15.2. The lowest BCUT2D eigenvalue weighted by atomic mass is 9.82. The van der Waals surface area contributed by atoms with Crippen LogP contribution in [0.2, 0.25) is 0 Å². The molecular weight excluding hydrogens is 374 g/mol. The van der Waals surface area contributed by atoms with E-state index in [1.54, 1.807) is 18.2 Å². The first-order chi connectivity index (χ1) is 14.0. The molecule has 1 aliphatic heterocycles. The molecule has 0 fully saturated rings. The molecule has 0 aliphatic carbocycles. The van der Waals surface area contributed by atoms with Crippen LogP contribution in [0.3, 0.4) is 0 Å². The second kappa shape index (κ2) is 7.01. The average Bonchev–Trinajstić information content (AvgIpc) is 3.16. The van der Waals surface area contributed by atoms with Crippen LogP contribution in [0.1, 0.15) is 17.0 Å². The lowest BCUT2D eigenvalue weighted by molar-refractivity contribution is -0.384. The summed E-state index contributed by atoms with van der Waals surface area (Å²) in [4.78, 5) is 10.7. The van der Waals surface area contributed by atoms with E-state index in [4.69, 9.17) is 15.2 Å². The van der Waals surface area contributed by atoms with Gasteiger partial charge in [0.25, 0.3) is 5.69 Å². The molecular formula is C20H15N5O4. The Bertz CT molecular complexity index is 1190. The summed E-state index contributed by atoms with van der Waals surface area (Å²) >= 11 is 0. The Morgan fingerprint density at radius 3 is 2.83 bits per heavy atom. The number of non-ortho nitro benzene ring substituents is 1. The van der Waals surface area contributed by atoms with E-state index in [-0.39, 0.29) is 23.0 Å². The summed E-state index contributed by atoms with van der Waals surface area (Å²) in [6, 6.07) is 15.5. The van der Waals surface area contributed by atoms with Gasteiger partial charge in [-0.3, -0.25) is 15.2 Å². The molecule has 0 spiro atoms. The minimum absolute atomic E-state index is 0.0481. The molecule has 2 aromatic carbocycles. The summed E-state index contributed by atoms with van der Waals surface area (Å²) in [6.07, 6.45) is 0. The summed E-state index contributed by atoms with van der Waals surface area (Å²) in [5.74, 6) is 0.108. The van der Waals surface area contributed by atoms with Crippen molar-refractivity contribution in [2.45, 2.75) is 5.92 Å². The first-order valence-corrected chi connectivity index (χ1v) is 8.58. The van der Waals surface area contributed by atoms with Crippen LogP contribution < -0.4 is 15.2 Å². The first kappa shape index (κ1) is 18.1. The number of methoxy groups -OCH3 is 1. The third kappa shape index (κ3) is 2.93. The second-order valence-corrected chi connectivity index (χ2v) is 6.29. The van der Waals surface area contributed by atoms with Crippen LogP contribution in [-0.4, -0.2) is 22.2 Å². The molecule has 9 nitrogen and oxygen atoms in total. The molecule has 1 aliphatic rings. The molecule has 3 aromatic rings. The van der Waals surface area contributed by atoms with Gasteiger partial charge in [0.2, 0.25) is 11.8 Å². The summed E-state index contributed by atoms with van der Waals surface area (Å²) < 4.78 is 11.0. The van der Waals surface area contributed by atoms with Gasteiger partial charge in [0.15, 0.2) is 0 Å². The Morgan fingerprint density at radius 2 is 2.10 bits per heavy atom. The number of nitrogens with one attached hydrogen (secondary N) is 1. The van der Waals surface area contributed by atoms with Gasteiger partial charge in [-0.15, -0.1) is 5.10 Å². The van der Waals surface area contributed by atoms with Crippen LogP contribution >= 0.6 is 0 Å². The number of rotatable bonds is 4. The standard InChI is InChI=1S/C20H15N5O4/c1-28-15-8-3-2-7-13(15)16-14(10-21)19(22)29-20-17(16)18(23-24-20)11-5-4-6-12(9-11)25(26)27/h2-9,16H,22H2,1H3,(H,23,24). The maximum atomic E-state index is 11.2. The van der Waals surface area contributed by atoms with Crippen molar-refractivity contribution in [2.75, 3.05) is 7.11 Å². The Labute approximate surface area is 165 Å². The van der Waals surface area contributed by atoms with E-state index < -0.39 is 10.8 Å². The van der Waals surface area contributed by atoms with Crippen molar-refractivity contribution in [1.29, 1.82) is 5.26 Å². The highest BCUT2D eigenvalue weighted by Crippen LogP contribution is 2.47. The number of para-hydroxylation sites is 1. The number of benzene rings is 2. The predicted molar refractivity (Wildman–Crippen MR) is 103 cm³/mol. The fraction of sp³-hybridized carbons (Fsp3) is 0.100. The zero-order valence-corrected chi connectivity index (χ0v) is 15.2. The van der Waals surface area contributed by atoms with Crippen LogP contribution in [0, 0.1) is 21.4 Å². The Hall–Kier alpha value is -4.32. The van der Waals surface area contributed by atoms with Crippen LogP contribution in [0.15, 0.2) is 60.0 Å². The minimum atomic E-state index is -0.618. The molecule has 144 valence electrons. The number of nitrogens with two attached hydrogens (primary N) is 1. The van der Waals surface area contributed by atoms with E-state index in [2.05, 4.69) is 16.3 Å². The molecule has 1 unspecified atom stereocenters. The fourth-order valence-electron chi connectivity index (χ4n) is 3.46. The van der Waals surface area contributed by atoms with Crippen molar-refractivity contribution in [3.05, 3.63) is 81.2 Å². The van der Waals surface area contributed by atoms with Crippen molar-refractivity contribution in [3.63, 3.8) is 0 Å². The number of ether oxygens (including phenoxy) is 2. The van der Waals surface area contributed by atoms with E-state index in [9.17, 15) is 15.4 Å². The number of nitrogens with zero attached hydrogens (tertiary/aromatic N) is 3. The predicted octanol–water partition coefficient (Wildman–Crippen LogP) is 3.21. The third-order valence-electron chi connectivity index (χ3n) is 4.73. The number of hydrogen-bond acceptors (Lipinski definition) is 7. The van der Waals surface area contributed by atoms with Crippen LogP contribution in [0.25, 0.3) is 11.3 Å². The molecule has 0 radical (unpaired) electrons. The molecule has 0 amide bonds. The van der Waals surface area contributed by atoms with Gasteiger partial charge in [-0.1, -0.05) is 30.3 Å². The molecule has 9 heteroatoms. The zero-order chi connectivity index (χ0) is 20.5. The molecule has 1 atom stereocenters. The van der Waals surface area contributed by atoms with Gasteiger partial charge in [0, 0.05) is 23.3 Å². The van der Waals surface area contributed by atoms with Gasteiger partial charge in [-0.25, -0.2) is 0 Å². The monoisotopic (exact) mass is 389 g/mol. The van der Waals surface area contributed by atoms with Gasteiger partial charge in [0.1, 0.15) is 17.4 Å². The van der Waals surface area contributed by atoms with Gasteiger partial charge in [0.05, 0.1) is 29.2 Å². The number of aromatic nitrogens is 2. The van der Waals surface area contributed by atoms with Gasteiger partial charge in [-0.2, -0.15) is 5.26 Å². The lowest BCUT2D eigenvalue weighted by Gasteiger charge is -2.25. The van der Waals surface area contributed by atoms with E-state index in [1.165, 1.54) is 19.2 Å². The number of H-pyrrole nitrogens is 1. The number of nitro benzene ring substituents is 1. The number of fused-ring (bicyclic) bond motifs is 1. The second-order valence-electron chi connectivity index (χ2n) is 6.29.